The van der Waals surface area contributed by atoms with E-state index in [2.05, 4.69) is 39.7 Å². The van der Waals surface area contributed by atoms with E-state index < -0.39 is 0 Å². The standard InChI is InChI=1S/C13H26N6/c1-14-11(10-12-15-17-19(4)16-12)13(18(2)3)8-6-5-7-9-13/h11,14H,5-10H2,1-4H3. The van der Waals surface area contributed by atoms with Crippen molar-refractivity contribution in [2.24, 2.45) is 7.05 Å². The molecule has 1 aromatic heterocycles. The molecule has 0 aliphatic heterocycles. The highest BCUT2D eigenvalue weighted by Crippen LogP contribution is 2.35. The van der Waals surface area contributed by atoms with E-state index in [9.17, 15) is 0 Å². The molecule has 0 saturated heterocycles. The summed E-state index contributed by atoms with van der Waals surface area (Å²) >= 11 is 0. The molecule has 19 heavy (non-hydrogen) atoms. The molecule has 2 rings (SSSR count). The van der Waals surface area contributed by atoms with Crippen LogP contribution in [0, 0.1) is 0 Å². The van der Waals surface area contributed by atoms with Gasteiger partial charge in [-0.1, -0.05) is 19.3 Å². The van der Waals surface area contributed by atoms with Gasteiger partial charge in [0.1, 0.15) is 0 Å². The first-order valence-electron chi connectivity index (χ1n) is 7.16. The number of aromatic nitrogens is 4. The molecule has 6 heteroatoms. The Hall–Kier alpha value is -1.01. The Morgan fingerprint density at radius 2 is 2.00 bits per heavy atom. The largest absolute Gasteiger partial charge is 0.315 e. The summed E-state index contributed by atoms with van der Waals surface area (Å²) in [6.07, 6.45) is 7.30. The Morgan fingerprint density at radius 1 is 1.32 bits per heavy atom. The molecule has 1 heterocycles. The maximum atomic E-state index is 4.32. The van der Waals surface area contributed by atoms with Crippen molar-refractivity contribution >= 4 is 0 Å². The average molecular weight is 266 g/mol. The molecule has 1 unspecified atom stereocenters. The summed E-state index contributed by atoms with van der Waals surface area (Å²) in [5.41, 5.74) is 0.214. The van der Waals surface area contributed by atoms with Crippen LogP contribution in [0.2, 0.25) is 0 Å². The van der Waals surface area contributed by atoms with Crippen molar-refractivity contribution in [2.45, 2.75) is 50.1 Å². The molecule has 6 nitrogen and oxygen atoms in total. The van der Waals surface area contributed by atoms with E-state index >= 15 is 0 Å². The number of likely N-dealkylation sites (N-methyl/N-ethyl adjacent to an activating group) is 2. The fourth-order valence-electron chi connectivity index (χ4n) is 3.42. The zero-order chi connectivity index (χ0) is 13.9. The lowest BCUT2D eigenvalue weighted by Gasteiger charge is -2.48. The predicted octanol–water partition coefficient (Wildman–Crippen LogP) is 0.605. The summed E-state index contributed by atoms with van der Waals surface area (Å²) < 4.78 is 0. The van der Waals surface area contributed by atoms with E-state index in [0.29, 0.717) is 6.04 Å². The maximum Gasteiger partial charge on any atom is 0.176 e. The fourth-order valence-corrected chi connectivity index (χ4v) is 3.42. The lowest BCUT2D eigenvalue weighted by Crippen LogP contribution is -2.60. The molecule has 0 amide bonds. The van der Waals surface area contributed by atoms with Crippen LogP contribution in [0.4, 0.5) is 0 Å². The molecule has 1 fully saturated rings. The van der Waals surface area contributed by atoms with Crippen LogP contribution < -0.4 is 5.32 Å². The monoisotopic (exact) mass is 266 g/mol. The van der Waals surface area contributed by atoms with Crippen LogP contribution in [0.1, 0.15) is 37.9 Å². The summed E-state index contributed by atoms with van der Waals surface area (Å²) in [6, 6.07) is 0.368. The number of hydrogen-bond donors (Lipinski definition) is 1. The second-order valence-electron chi connectivity index (χ2n) is 5.80. The van der Waals surface area contributed by atoms with Gasteiger partial charge in [-0.3, -0.25) is 0 Å². The quantitative estimate of drug-likeness (QED) is 0.846. The number of nitrogens with one attached hydrogen (secondary N) is 1. The Balaban J connectivity index is 2.17. The molecule has 1 saturated carbocycles. The first-order valence-corrected chi connectivity index (χ1v) is 7.16. The van der Waals surface area contributed by atoms with E-state index in [4.69, 9.17) is 0 Å². The molecule has 1 atom stereocenters. The summed E-state index contributed by atoms with van der Waals surface area (Å²) in [7, 11) is 8.24. The van der Waals surface area contributed by atoms with Crippen molar-refractivity contribution in [1.29, 1.82) is 0 Å². The topological polar surface area (TPSA) is 58.9 Å². The molecule has 1 N–H and O–H groups in total. The van der Waals surface area contributed by atoms with Crippen LogP contribution in [-0.4, -0.2) is 57.8 Å². The maximum absolute atomic E-state index is 4.32. The van der Waals surface area contributed by atoms with Gasteiger partial charge in [0.15, 0.2) is 5.82 Å². The molecule has 0 radical (unpaired) electrons. The molecule has 1 aliphatic rings. The van der Waals surface area contributed by atoms with Crippen molar-refractivity contribution in [2.75, 3.05) is 21.1 Å². The summed E-state index contributed by atoms with van der Waals surface area (Å²) in [6.45, 7) is 0. The molecular formula is C13H26N6. The normalized spacial score (nSPS) is 20.7. The van der Waals surface area contributed by atoms with Gasteiger partial charge >= 0.3 is 0 Å². The van der Waals surface area contributed by atoms with Crippen molar-refractivity contribution in [1.82, 2.24) is 30.4 Å². The number of nitrogens with zero attached hydrogens (tertiary/aromatic N) is 5. The molecule has 0 spiro atoms. The van der Waals surface area contributed by atoms with Gasteiger partial charge in [-0.05, 0) is 39.2 Å². The van der Waals surface area contributed by atoms with Crippen molar-refractivity contribution < 1.29 is 0 Å². The smallest absolute Gasteiger partial charge is 0.176 e. The molecular weight excluding hydrogens is 240 g/mol. The highest BCUT2D eigenvalue weighted by Gasteiger charge is 2.41. The lowest BCUT2D eigenvalue weighted by molar-refractivity contribution is 0.0590. The number of rotatable bonds is 5. The number of hydrogen-bond acceptors (Lipinski definition) is 5. The van der Waals surface area contributed by atoms with Crippen LogP contribution in [0.3, 0.4) is 0 Å². The number of tetrazole rings is 1. The highest BCUT2D eigenvalue weighted by molar-refractivity contribution is 5.03. The summed E-state index contributed by atoms with van der Waals surface area (Å²) in [5, 5.41) is 15.9. The first kappa shape index (κ1) is 14.4. The van der Waals surface area contributed by atoms with Gasteiger partial charge in [-0.2, -0.15) is 4.80 Å². The molecule has 0 aromatic carbocycles. The van der Waals surface area contributed by atoms with Crippen molar-refractivity contribution in [3.8, 4) is 0 Å². The minimum Gasteiger partial charge on any atom is -0.315 e. The zero-order valence-electron chi connectivity index (χ0n) is 12.6. The van der Waals surface area contributed by atoms with Gasteiger partial charge in [-0.15, -0.1) is 10.2 Å². The Morgan fingerprint density at radius 3 is 2.47 bits per heavy atom. The van der Waals surface area contributed by atoms with Crippen LogP contribution >= 0.6 is 0 Å². The second-order valence-corrected chi connectivity index (χ2v) is 5.80. The summed E-state index contributed by atoms with van der Waals surface area (Å²) in [5.74, 6) is 0.827. The van der Waals surface area contributed by atoms with E-state index in [0.717, 1.165) is 12.2 Å². The third-order valence-corrected chi connectivity index (χ3v) is 4.54. The van der Waals surface area contributed by atoms with E-state index in [1.807, 2.05) is 14.1 Å². The van der Waals surface area contributed by atoms with Gasteiger partial charge in [0.25, 0.3) is 0 Å². The van der Waals surface area contributed by atoms with Gasteiger partial charge in [0, 0.05) is 18.0 Å². The van der Waals surface area contributed by atoms with Crippen molar-refractivity contribution in [3.63, 3.8) is 0 Å². The van der Waals surface area contributed by atoms with Crippen LogP contribution in [0.25, 0.3) is 0 Å². The summed E-state index contributed by atoms with van der Waals surface area (Å²) in [4.78, 5) is 3.93. The highest BCUT2D eigenvalue weighted by atomic mass is 15.6. The van der Waals surface area contributed by atoms with Gasteiger partial charge in [0.05, 0.1) is 7.05 Å². The Bertz CT molecular complexity index is 394. The first-order chi connectivity index (χ1) is 9.08. The minimum atomic E-state index is 0.214. The van der Waals surface area contributed by atoms with Gasteiger partial charge in [0.2, 0.25) is 0 Å². The Kier molecular flexibility index (Phi) is 4.52. The molecule has 1 aliphatic carbocycles. The van der Waals surface area contributed by atoms with E-state index in [-0.39, 0.29) is 5.54 Å². The van der Waals surface area contributed by atoms with Gasteiger partial charge < -0.3 is 10.2 Å². The second kappa shape index (κ2) is 5.96. The molecule has 108 valence electrons. The van der Waals surface area contributed by atoms with Gasteiger partial charge in [-0.25, -0.2) is 0 Å². The lowest BCUT2D eigenvalue weighted by atomic mass is 9.74. The van der Waals surface area contributed by atoms with E-state index in [1.165, 1.54) is 36.9 Å². The third kappa shape index (κ3) is 2.95. The zero-order valence-corrected chi connectivity index (χ0v) is 12.6. The SMILES string of the molecule is CNC(Cc1nnn(C)n1)C1(N(C)C)CCCCC1. The molecule has 0 bridgehead atoms. The van der Waals surface area contributed by atoms with Crippen molar-refractivity contribution in [3.05, 3.63) is 5.82 Å². The molecule has 1 aromatic rings. The van der Waals surface area contributed by atoms with Crippen LogP contribution in [0.5, 0.6) is 0 Å². The third-order valence-electron chi connectivity index (χ3n) is 4.54. The fraction of sp³-hybridized carbons (Fsp3) is 0.923. The average Bonchev–Trinajstić information content (AvgIpc) is 2.82. The van der Waals surface area contributed by atoms with Crippen LogP contribution in [0.15, 0.2) is 0 Å². The number of aryl methyl sites for hydroxylation is 1. The minimum absolute atomic E-state index is 0.214. The predicted molar refractivity (Wildman–Crippen MR) is 74.9 cm³/mol. The van der Waals surface area contributed by atoms with E-state index in [1.54, 1.807) is 0 Å². The van der Waals surface area contributed by atoms with Crippen LogP contribution in [-0.2, 0) is 13.5 Å². The Labute approximate surface area is 115 Å².